The topological polar surface area (TPSA) is 98.6 Å². The van der Waals surface area contributed by atoms with E-state index in [9.17, 15) is 27.2 Å². The van der Waals surface area contributed by atoms with Crippen LogP contribution in [-0.2, 0) is 25.8 Å². The van der Waals surface area contributed by atoms with Crippen molar-refractivity contribution in [2.24, 2.45) is 5.73 Å². The summed E-state index contributed by atoms with van der Waals surface area (Å²) in [4.78, 5) is 36.0. The van der Waals surface area contributed by atoms with E-state index >= 15 is 0 Å². The highest BCUT2D eigenvalue weighted by Crippen LogP contribution is 2.33. The number of ether oxygens (including phenoxy) is 1. The zero-order chi connectivity index (χ0) is 32.3. The smallest absolute Gasteiger partial charge is 0.416 e. The second-order valence-corrected chi connectivity index (χ2v) is 11.0. The largest absolute Gasteiger partial charge is 0.481 e. The SMILES string of the molecule is COc1ccc(CN2CCN(c3c(C)n(Cc4c(F)cccc4C(F)(F)F)c(=O)n(C[C@H](N)c4ccccc4)c3=O)CC2)cn1. The molecule has 1 fully saturated rings. The summed E-state index contributed by atoms with van der Waals surface area (Å²) in [6.07, 6.45) is -3.12. The first-order chi connectivity index (χ1) is 21.5. The van der Waals surface area contributed by atoms with Gasteiger partial charge in [0.2, 0.25) is 5.88 Å². The lowest BCUT2D eigenvalue weighted by atomic mass is 10.1. The summed E-state index contributed by atoms with van der Waals surface area (Å²) < 4.78 is 63.7. The lowest BCUT2D eigenvalue weighted by molar-refractivity contribution is -0.138. The van der Waals surface area contributed by atoms with Gasteiger partial charge in [0.1, 0.15) is 11.5 Å². The number of nitrogens with zero attached hydrogens (tertiary/aromatic N) is 5. The zero-order valence-corrected chi connectivity index (χ0v) is 24.9. The van der Waals surface area contributed by atoms with E-state index in [-0.39, 0.29) is 17.9 Å². The maximum absolute atomic E-state index is 14.9. The molecule has 0 amide bonds. The highest BCUT2D eigenvalue weighted by atomic mass is 19.4. The number of anilines is 1. The third kappa shape index (κ3) is 6.94. The molecule has 1 aliphatic heterocycles. The molecule has 5 rings (SSSR count). The summed E-state index contributed by atoms with van der Waals surface area (Å²) in [5, 5.41) is 0. The van der Waals surface area contributed by atoms with Gasteiger partial charge in [0.25, 0.3) is 5.56 Å². The Morgan fingerprint density at radius 2 is 1.64 bits per heavy atom. The lowest BCUT2D eigenvalue weighted by Gasteiger charge is -2.37. The molecule has 2 aromatic carbocycles. The van der Waals surface area contributed by atoms with Crippen LogP contribution in [0.2, 0.25) is 0 Å². The Morgan fingerprint density at radius 3 is 2.27 bits per heavy atom. The molecule has 238 valence electrons. The fourth-order valence-electron chi connectivity index (χ4n) is 5.66. The summed E-state index contributed by atoms with van der Waals surface area (Å²) in [5.74, 6) is -0.590. The van der Waals surface area contributed by atoms with E-state index in [0.29, 0.717) is 44.2 Å². The van der Waals surface area contributed by atoms with Crippen molar-refractivity contribution in [1.82, 2.24) is 19.0 Å². The van der Waals surface area contributed by atoms with Crippen molar-refractivity contribution in [3.63, 3.8) is 0 Å². The molecule has 45 heavy (non-hydrogen) atoms. The van der Waals surface area contributed by atoms with Crippen molar-refractivity contribution in [3.05, 3.63) is 121 Å². The van der Waals surface area contributed by atoms with Crippen molar-refractivity contribution in [3.8, 4) is 5.88 Å². The molecule has 0 spiro atoms. The van der Waals surface area contributed by atoms with Gasteiger partial charge < -0.3 is 15.4 Å². The number of pyridine rings is 1. The molecule has 0 unspecified atom stereocenters. The molecule has 1 saturated heterocycles. The zero-order valence-electron chi connectivity index (χ0n) is 24.9. The van der Waals surface area contributed by atoms with Gasteiger partial charge in [-0.25, -0.2) is 14.2 Å². The molecule has 2 N–H and O–H groups in total. The molecular formula is C32H34F4N6O3. The van der Waals surface area contributed by atoms with E-state index in [2.05, 4.69) is 9.88 Å². The van der Waals surface area contributed by atoms with Gasteiger partial charge in [0.05, 0.1) is 25.8 Å². The summed E-state index contributed by atoms with van der Waals surface area (Å²) >= 11 is 0. The van der Waals surface area contributed by atoms with Crippen LogP contribution in [0.15, 0.2) is 76.4 Å². The van der Waals surface area contributed by atoms with Crippen molar-refractivity contribution in [2.45, 2.75) is 38.8 Å². The number of piperazine rings is 1. The second kappa shape index (κ2) is 13.2. The molecular weight excluding hydrogens is 592 g/mol. The Bertz CT molecular complexity index is 1750. The second-order valence-electron chi connectivity index (χ2n) is 11.0. The number of alkyl halides is 3. The first-order valence-corrected chi connectivity index (χ1v) is 14.4. The van der Waals surface area contributed by atoms with Gasteiger partial charge in [-0.15, -0.1) is 0 Å². The van der Waals surface area contributed by atoms with E-state index in [1.807, 2.05) is 11.0 Å². The normalized spacial score (nSPS) is 14.9. The van der Waals surface area contributed by atoms with Crippen molar-refractivity contribution in [2.75, 3.05) is 38.2 Å². The van der Waals surface area contributed by atoms with Crippen LogP contribution in [0, 0.1) is 12.7 Å². The summed E-state index contributed by atoms with van der Waals surface area (Å²) in [5.41, 5.74) is 5.05. The van der Waals surface area contributed by atoms with Gasteiger partial charge in [0.15, 0.2) is 0 Å². The number of aromatic nitrogens is 3. The number of nitrogens with two attached hydrogens (primary N) is 1. The van der Waals surface area contributed by atoms with Gasteiger partial charge in [0, 0.05) is 62.3 Å². The third-order valence-electron chi connectivity index (χ3n) is 8.11. The molecule has 0 bridgehead atoms. The fraction of sp³-hybridized carbons (Fsp3) is 0.344. The monoisotopic (exact) mass is 626 g/mol. The Morgan fingerprint density at radius 1 is 0.933 bits per heavy atom. The summed E-state index contributed by atoms with van der Waals surface area (Å²) in [6.45, 7) is 3.15. The maximum Gasteiger partial charge on any atom is 0.416 e. The van der Waals surface area contributed by atoms with Crippen LogP contribution in [-0.4, -0.2) is 52.3 Å². The van der Waals surface area contributed by atoms with Crippen LogP contribution in [0.25, 0.3) is 0 Å². The van der Waals surface area contributed by atoms with Gasteiger partial charge >= 0.3 is 11.9 Å². The number of hydrogen-bond donors (Lipinski definition) is 1. The summed E-state index contributed by atoms with van der Waals surface area (Å²) in [7, 11) is 1.54. The first-order valence-electron chi connectivity index (χ1n) is 14.4. The quantitative estimate of drug-likeness (QED) is 0.281. The predicted molar refractivity (Wildman–Crippen MR) is 162 cm³/mol. The molecule has 1 aliphatic rings. The number of halogens is 4. The van der Waals surface area contributed by atoms with Crippen LogP contribution in [0.3, 0.4) is 0 Å². The molecule has 2 aromatic heterocycles. The number of benzene rings is 2. The van der Waals surface area contributed by atoms with Gasteiger partial charge in [-0.3, -0.25) is 18.8 Å². The van der Waals surface area contributed by atoms with Crippen LogP contribution < -0.4 is 26.6 Å². The van der Waals surface area contributed by atoms with Crippen LogP contribution in [0.1, 0.15) is 34.0 Å². The average Bonchev–Trinajstić information content (AvgIpc) is 3.03. The molecule has 9 nitrogen and oxygen atoms in total. The Balaban J connectivity index is 1.51. The van der Waals surface area contributed by atoms with Crippen LogP contribution >= 0.6 is 0 Å². The predicted octanol–water partition coefficient (Wildman–Crippen LogP) is 3.95. The van der Waals surface area contributed by atoms with Crippen molar-refractivity contribution in [1.29, 1.82) is 0 Å². The third-order valence-corrected chi connectivity index (χ3v) is 8.11. The van der Waals surface area contributed by atoms with Crippen LogP contribution in [0.5, 0.6) is 5.88 Å². The Labute approximate surface area is 257 Å². The van der Waals surface area contributed by atoms with Gasteiger partial charge in [-0.2, -0.15) is 13.2 Å². The minimum absolute atomic E-state index is 0.152. The fourth-order valence-corrected chi connectivity index (χ4v) is 5.66. The van der Waals surface area contributed by atoms with E-state index < -0.39 is 47.0 Å². The van der Waals surface area contributed by atoms with E-state index in [0.717, 1.165) is 32.9 Å². The standard InChI is InChI=1S/C32H34F4N6O3/c1-21-29(40-15-13-39(14-16-40)18-22-11-12-28(45-2)38-17-22)30(43)42(20-27(37)23-7-4-3-5-8-23)31(44)41(21)19-24-25(32(34,35)36)9-6-10-26(24)33/h3-12,17,27H,13-16,18-20,37H2,1-2H3/t27-/m0/s1. The van der Waals surface area contributed by atoms with E-state index in [1.54, 1.807) is 49.7 Å². The molecule has 3 heterocycles. The minimum atomic E-state index is -4.85. The first kappa shape index (κ1) is 31.9. The van der Waals surface area contributed by atoms with Crippen molar-refractivity contribution < 1.29 is 22.3 Å². The average molecular weight is 627 g/mol. The van der Waals surface area contributed by atoms with E-state index in [1.165, 1.54) is 6.92 Å². The number of rotatable bonds is 9. The minimum Gasteiger partial charge on any atom is -0.481 e. The summed E-state index contributed by atoms with van der Waals surface area (Å²) in [6, 6.07) is 14.5. The molecule has 0 radical (unpaired) electrons. The number of methoxy groups -OCH3 is 1. The molecule has 0 aliphatic carbocycles. The molecule has 1 atom stereocenters. The maximum atomic E-state index is 14.9. The van der Waals surface area contributed by atoms with Crippen molar-refractivity contribution >= 4 is 5.69 Å². The Hall–Kier alpha value is -4.49. The molecule has 0 saturated carbocycles. The van der Waals surface area contributed by atoms with Crippen LogP contribution in [0.4, 0.5) is 23.2 Å². The van der Waals surface area contributed by atoms with Gasteiger partial charge in [-0.05, 0) is 30.2 Å². The Kier molecular flexibility index (Phi) is 9.40. The van der Waals surface area contributed by atoms with E-state index in [4.69, 9.17) is 10.5 Å². The van der Waals surface area contributed by atoms with Gasteiger partial charge in [-0.1, -0.05) is 42.5 Å². The highest BCUT2D eigenvalue weighted by molar-refractivity contribution is 5.50. The number of hydrogen-bond acceptors (Lipinski definition) is 7. The molecule has 4 aromatic rings. The molecule has 13 heteroatoms. The lowest BCUT2D eigenvalue weighted by Crippen LogP contribution is -2.51. The highest BCUT2D eigenvalue weighted by Gasteiger charge is 2.35.